The summed E-state index contributed by atoms with van der Waals surface area (Å²) in [6.07, 6.45) is 1.43. The molecule has 5 nitrogen and oxygen atoms in total. The molecular formula is C15H14N2O3. The van der Waals surface area contributed by atoms with Gasteiger partial charge in [-0.05, 0) is 24.6 Å². The quantitative estimate of drug-likeness (QED) is 0.890. The Labute approximate surface area is 116 Å². The number of nitrogens with zero attached hydrogens (tertiary/aromatic N) is 1. The van der Waals surface area contributed by atoms with Gasteiger partial charge < -0.3 is 10.4 Å². The molecule has 1 heterocycles. The van der Waals surface area contributed by atoms with Crippen LogP contribution in [0.4, 0.5) is 0 Å². The number of hydrogen-bond acceptors (Lipinski definition) is 3. The fourth-order valence-electron chi connectivity index (χ4n) is 1.75. The second-order valence-electron chi connectivity index (χ2n) is 4.34. The molecule has 2 aromatic rings. The van der Waals surface area contributed by atoms with Gasteiger partial charge in [0.15, 0.2) is 6.04 Å². The Bertz CT molecular complexity index is 609. The zero-order chi connectivity index (χ0) is 14.5. The van der Waals surface area contributed by atoms with E-state index in [-0.39, 0.29) is 0 Å². The lowest BCUT2D eigenvalue weighted by molar-refractivity contribution is -0.139. The second kappa shape index (κ2) is 5.97. The standard InChI is InChI=1S/C15H14N2O3/c1-10-7-8-12(9-16-10)14(18)17-13(15(19)20)11-5-3-2-4-6-11/h2-9,13H,1H3,(H,17,18)(H,19,20)/t13-/m0/s1. The molecule has 2 rings (SSSR count). The van der Waals surface area contributed by atoms with Crippen LogP contribution in [0.5, 0.6) is 0 Å². The number of nitrogens with one attached hydrogen (secondary N) is 1. The maximum absolute atomic E-state index is 12.0. The molecule has 0 saturated carbocycles. The van der Waals surface area contributed by atoms with Crippen LogP contribution in [0.25, 0.3) is 0 Å². The van der Waals surface area contributed by atoms with Crippen LogP contribution in [0.2, 0.25) is 0 Å². The molecule has 1 amide bonds. The van der Waals surface area contributed by atoms with E-state index in [9.17, 15) is 14.7 Å². The van der Waals surface area contributed by atoms with E-state index in [2.05, 4.69) is 10.3 Å². The van der Waals surface area contributed by atoms with Crippen molar-refractivity contribution in [3.63, 3.8) is 0 Å². The van der Waals surface area contributed by atoms with Gasteiger partial charge in [-0.3, -0.25) is 9.78 Å². The Morgan fingerprint density at radius 2 is 1.85 bits per heavy atom. The molecule has 1 aromatic heterocycles. The summed E-state index contributed by atoms with van der Waals surface area (Å²) in [5.41, 5.74) is 1.64. The van der Waals surface area contributed by atoms with Crippen molar-refractivity contribution in [2.75, 3.05) is 0 Å². The molecule has 1 atom stereocenters. The van der Waals surface area contributed by atoms with Crippen molar-refractivity contribution in [1.82, 2.24) is 10.3 Å². The van der Waals surface area contributed by atoms with Crippen molar-refractivity contribution in [3.05, 3.63) is 65.5 Å². The van der Waals surface area contributed by atoms with Gasteiger partial charge in [0, 0.05) is 11.9 Å². The zero-order valence-electron chi connectivity index (χ0n) is 10.9. The number of hydrogen-bond donors (Lipinski definition) is 2. The summed E-state index contributed by atoms with van der Waals surface area (Å²) < 4.78 is 0. The zero-order valence-corrected chi connectivity index (χ0v) is 10.9. The van der Waals surface area contributed by atoms with Gasteiger partial charge in [-0.1, -0.05) is 30.3 Å². The third kappa shape index (κ3) is 3.20. The first-order valence-corrected chi connectivity index (χ1v) is 6.09. The largest absolute Gasteiger partial charge is 0.479 e. The molecule has 0 saturated heterocycles. The Balaban J connectivity index is 2.19. The van der Waals surface area contributed by atoms with Crippen LogP contribution in [0, 0.1) is 6.92 Å². The summed E-state index contributed by atoms with van der Waals surface area (Å²) in [5.74, 6) is -1.57. The minimum absolute atomic E-state index is 0.331. The predicted octanol–water partition coefficient (Wildman–Crippen LogP) is 1.95. The fourth-order valence-corrected chi connectivity index (χ4v) is 1.75. The summed E-state index contributed by atoms with van der Waals surface area (Å²) in [4.78, 5) is 27.3. The van der Waals surface area contributed by atoms with Crippen molar-refractivity contribution in [3.8, 4) is 0 Å². The lowest BCUT2D eigenvalue weighted by Gasteiger charge is -2.14. The van der Waals surface area contributed by atoms with Crippen LogP contribution < -0.4 is 5.32 Å². The van der Waals surface area contributed by atoms with Crippen molar-refractivity contribution in [2.45, 2.75) is 13.0 Å². The number of aliphatic carboxylic acids is 1. The van der Waals surface area contributed by atoms with Crippen LogP contribution in [-0.4, -0.2) is 22.0 Å². The van der Waals surface area contributed by atoms with Crippen LogP contribution in [0.1, 0.15) is 27.7 Å². The Kier molecular flexibility index (Phi) is 4.10. The van der Waals surface area contributed by atoms with E-state index in [0.29, 0.717) is 11.1 Å². The van der Waals surface area contributed by atoms with Crippen molar-refractivity contribution >= 4 is 11.9 Å². The molecule has 2 N–H and O–H groups in total. The molecule has 0 aliphatic carbocycles. The monoisotopic (exact) mass is 270 g/mol. The summed E-state index contributed by atoms with van der Waals surface area (Å²) in [6, 6.07) is 10.8. The van der Waals surface area contributed by atoms with Gasteiger partial charge in [0.05, 0.1) is 5.56 Å². The summed E-state index contributed by atoms with van der Waals surface area (Å²) in [5, 5.41) is 11.7. The van der Waals surface area contributed by atoms with Crippen molar-refractivity contribution in [1.29, 1.82) is 0 Å². The fraction of sp³-hybridized carbons (Fsp3) is 0.133. The minimum atomic E-state index is -1.11. The second-order valence-corrected chi connectivity index (χ2v) is 4.34. The van der Waals surface area contributed by atoms with Gasteiger partial charge in [0.1, 0.15) is 0 Å². The van der Waals surface area contributed by atoms with Gasteiger partial charge in [-0.15, -0.1) is 0 Å². The average molecular weight is 270 g/mol. The summed E-state index contributed by atoms with van der Waals surface area (Å²) in [7, 11) is 0. The number of benzene rings is 1. The number of aromatic nitrogens is 1. The van der Waals surface area contributed by atoms with Gasteiger partial charge in [0.25, 0.3) is 5.91 Å². The smallest absolute Gasteiger partial charge is 0.330 e. The van der Waals surface area contributed by atoms with Crippen LogP contribution in [0.3, 0.4) is 0 Å². The summed E-state index contributed by atoms with van der Waals surface area (Å²) >= 11 is 0. The maximum atomic E-state index is 12.0. The third-order valence-electron chi connectivity index (χ3n) is 2.83. The first-order valence-electron chi connectivity index (χ1n) is 6.09. The van der Waals surface area contributed by atoms with E-state index in [1.165, 1.54) is 6.20 Å². The molecule has 0 bridgehead atoms. The number of aryl methyl sites for hydroxylation is 1. The first-order chi connectivity index (χ1) is 9.58. The van der Waals surface area contributed by atoms with Crippen LogP contribution in [0.15, 0.2) is 48.7 Å². The van der Waals surface area contributed by atoms with E-state index in [4.69, 9.17) is 0 Å². The molecule has 0 aliphatic heterocycles. The van der Waals surface area contributed by atoms with Gasteiger partial charge in [-0.25, -0.2) is 4.79 Å². The SMILES string of the molecule is Cc1ccc(C(=O)N[C@H](C(=O)O)c2ccccc2)cn1. The van der Waals surface area contributed by atoms with E-state index in [1.54, 1.807) is 42.5 Å². The molecule has 0 unspecified atom stereocenters. The van der Waals surface area contributed by atoms with Gasteiger partial charge >= 0.3 is 5.97 Å². The molecule has 20 heavy (non-hydrogen) atoms. The Morgan fingerprint density at radius 1 is 1.15 bits per heavy atom. The van der Waals surface area contributed by atoms with Crippen molar-refractivity contribution in [2.24, 2.45) is 0 Å². The van der Waals surface area contributed by atoms with Crippen LogP contribution in [-0.2, 0) is 4.79 Å². The topological polar surface area (TPSA) is 79.3 Å². The molecule has 0 radical (unpaired) electrons. The lowest BCUT2D eigenvalue weighted by Crippen LogP contribution is -2.33. The number of rotatable bonds is 4. The number of pyridine rings is 1. The van der Waals surface area contributed by atoms with E-state index >= 15 is 0 Å². The minimum Gasteiger partial charge on any atom is -0.479 e. The number of amides is 1. The molecule has 0 spiro atoms. The molecule has 0 fully saturated rings. The van der Waals surface area contributed by atoms with E-state index < -0.39 is 17.9 Å². The molecule has 102 valence electrons. The van der Waals surface area contributed by atoms with Gasteiger partial charge in [-0.2, -0.15) is 0 Å². The molecule has 5 heteroatoms. The normalized spacial score (nSPS) is 11.7. The summed E-state index contributed by atoms with van der Waals surface area (Å²) in [6.45, 7) is 1.81. The maximum Gasteiger partial charge on any atom is 0.330 e. The average Bonchev–Trinajstić information content (AvgIpc) is 2.46. The highest BCUT2D eigenvalue weighted by molar-refractivity contribution is 5.96. The van der Waals surface area contributed by atoms with Crippen LogP contribution >= 0.6 is 0 Å². The van der Waals surface area contributed by atoms with E-state index in [1.807, 2.05) is 6.92 Å². The highest BCUT2D eigenvalue weighted by atomic mass is 16.4. The number of carbonyl (C=O) groups is 2. The van der Waals surface area contributed by atoms with Gasteiger partial charge in [0.2, 0.25) is 0 Å². The molecule has 0 aliphatic rings. The number of carboxylic acid groups (broad SMARTS) is 1. The lowest BCUT2D eigenvalue weighted by atomic mass is 10.1. The highest BCUT2D eigenvalue weighted by Gasteiger charge is 2.22. The Hall–Kier alpha value is -2.69. The third-order valence-corrected chi connectivity index (χ3v) is 2.83. The predicted molar refractivity (Wildman–Crippen MR) is 73.3 cm³/mol. The molecule has 1 aromatic carbocycles. The first kappa shape index (κ1) is 13.7. The molecular weight excluding hydrogens is 256 g/mol. The van der Waals surface area contributed by atoms with E-state index in [0.717, 1.165) is 5.69 Å². The number of carboxylic acids is 1. The van der Waals surface area contributed by atoms with Crippen molar-refractivity contribution < 1.29 is 14.7 Å². The Morgan fingerprint density at radius 3 is 2.40 bits per heavy atom. The highest BCUT2D eigenvalue weighted by Crippen LogP contribution is 2.13. The number of carbonyl (C=O) groups excluding carboxylic acids is 1.